The first kappa shape index (κ1) is 12.8. The maximum absolute atomic E-state index is 9.73. The summed E-state index contributed by atoms with van der Waals surface area (Å²) in [5.41, 5.74) is 2.32. The number of hydrogen-bond donors (Lipinski definition) is 2. The lowest BCUT2D eigenvalue weighted by molar-refractivity contribution is 0.133. The van der Waals surface area contributed by atoms with Crippen molar-refractivity contribution in [3.63, 3.8) is 0 Å². The summed E-state index contributed by atoms with van der Waals surface area (Å²) in [7, 11) is 0. The summed E-state index contributed by atoms with van der Waals surface area (Å²) in [6.45, 7) is 5.52. The first-order chi connectivity index (χ1) is 8.44. The molecule has 0 saturated carbocycles. The van der Waals surface area contributed by atoms with Gasteiger partial charge < -0.3 is 10.4 Å². The van der Waals surface area contributed by atoms with E-state index in [-0.39, 0.29) is 0 Å². The molecule has 1 aromatic rings. The van der Waals surface area contributed by atoms with Gasteiger partial charge in [-0.2, -0.15) is 5.26 Å². The van der Waals surface area contributed by atoms with Crippen molar-refractivity contribution in [1.29, 1.82) is 5.26 Å². The first-order valence-electron chi connectivity index (χ1n) is 6.33. The van der Waals surface area contributed by atoms with Gasteiger partial charge in [0.1, 0.15) is 11.9 Å². The fraction of sp³-hybridized carbons (Fsp3) is 0.571. The van der Waals surface area contributed by atoms with Gasteiger partial charge in [0.15, 0.2) is 0 Å². The van der Waals surface area contributed by atoms with Crippen LogP contribution in [0.15, 0.2) is 6.07 Å². The summed E-state index contributed by atoms with van der Waals surface area (Å²) in [5.74, 6) is 0.587. The van der Waals surface area contributed by atoms with Crippen LogP contribution in [0.3, 0.4) is 0 Å². The average molecular weight is 245 g/mol. The molecule has 0 spiro atoms. The molecule has 0 aromatic carbocycles. The highest BCUT2D eigenvalue weighted by atomic mass is 16.3. The summed E-state index contributed by atoms with van der Waals surface area (Å²) in [5, 5.41) is 22.1. The van der Waals surface area contributed by atoms with Gasteiger partial charge in [0.25, 0.3) is 0 Å². The second-order valence-electron chi connectivity index (χ2n) is 5.48. The zero-order valence-corrected chi connectivity index (χ0v) is 11.1. The third kappa shape index (κ3) is 2.32. The molecule has 0 bridgehead atoms. The van der Waals surface area contributed by atoms with Gasteiger partial charge in [-0.1, -0.05) is 0 Å². The van der Waals surface area contributed by atoms with Crippen molar-refractivity contribution in [3.05, 3.63) is 22.9 Å². The van der Waals surface area contributed by atoms with Crippen molar-refractivity contribution in [3.8, 4) is 6.07 Å². The molecule has 0 aliphatic heterocycles. The number of hydrogen-bond acceptors (Lipinski definition) is 4. The quantitative estimate of drug-likeness (QED) is 0.854. The summed E-state index contributed by atoms with van der Waals surface area (Å²) < 4.78 is 0. The maximum Gasteiger partial charge on any atom is 0.144 e. The molecular formula is C14H19N3O. The molecule has 1 heterocycles. The van der Waals surface area contributed by atoms with Gasteiger partial charge in [-0.25, -0.2) is 4.98 Å². The number of nitrogens with one attached hydrogen (secondary N) is 1. The van der Waals surface area contributed by atoms with E-state index in [0.717, 1.165) is 25.0 Å². The molecule has 4 nitrogen and oxygen atoms in total. The van der Waals surface area contributed by atoms with Gasteiger partial charge in [0.05, 0.1) is 17.2 Å². The Kier molecular flexibility index (Phi) is 3.27. The number of aliphatic hydroxyl groups is 1. The molecule has 4 heteroatoms. The van der Waals surface area contributed by atoms with Crippen molar-refractivity contribution < 1.29 is 5.11 Å². The number of aliphatic hydroxyl groups excluding tert-OH is 1. The Morgan fingerprint density at radius 2 is 2.22 bits per heavy atom. The SMILES string of the molecule is CC(O)C(C)(C)Nc1nc2c(cc1C#N)CCC2. The number of aromatic nitrogens is 1. The Morgan fingerprint density at radius 1 is 1.50 bits per heavy atom. The minimum Gasteiger partial charge on any atom is -0.391 e. The van der Waals surface area contributed by atoms with Crippen LogP contribution >= 0.6 is 0 Å². The predicted octanol–water partition coefficient (Wildman–Crippen LogP) is 2.01. The van der Waals surface area contributed by atoms with Crippen LogP contribution in [0.5, 0.6) is 0 Å². The third-order valence-electron chi connectivity index (χ3n) is 3.66. The highest BCUT2D eigenvalue weighted by molar-refractivity contribution is 5.56. The third-order valence-corrected chi connectivity index (χ3v) is 3.66. The van der Waals surface area contributed by atoms with Crippen molar-refractivity contribution in [1.82, 2.24) is 4.98 Å². The van der Waals surface area contributed by atoms with E-state index in [0.29, 0.717) is 11.4 Å². The van der Waals surface area contributed by atoms with Crippen LogP contribution in [0, 0.1) is 11.3 Å². The first-order valence-corrected chi connectivity index (χ1v) is 6.33. The zero-order chi connectivity index (χ0) is 13.3. The second-order valence-corrected chi connectivity index (χ2v) is 5.48. The minimum atomic E-state index is -0.529. The Labute approximate surface area is 108 Å². The summed E-state index contributed by atoms with van der Waals surface area (Å²) in [6.07, 6.45) is 2.57. The molecule has 0 amide bonds. The Morgan fingerprint density at radius 3 is 2.83 bits per heavy atom. The molecular weight excluding hydrogens is 226 g/mol. The molecule has 1 aromatic heterocycles. The van der Waals surface area contributed by atoms with E-state index in [4.69, 9.17) is 0 Å². The minimum absolute atomic E-state index is 0.508. The molecule has 0 radical (unpaired) electrons. The van der Waals surface area contributed by atoms with Crippen molar-refractivity contribution >= 4 is 5.82 Å². The number of nitriles is 1. The summed E-state index contributed by atoms with van der Waals surface area (Å²) >= 11 is 0. The van der Waals surface area contributed by atoms with Crippen LogP contribution in [-0.2, 0) is 12.8 Å². The molecule has 1 atom stereocenters. The Balaban J connectivity index is 2.36. The Hall–Kier alpha value is -1.60. The molecule has 0 fully saturated rings. The smallest absolute Gasteiger partial charge is 0.144 e. The van der Waals surface area contributed by atoms with Gasteiger partial charge >= 0.3 is 0 Å². The summed E-state index contributed by atoms with van der Waals surface area (Å²) in [6, 6.07) is 4.11. The van der Waals surface area contributed by atoms with Crippen LogP contribution in [-0.4, -0.2) is 21.7 Å². The van der Waals surface area contributed by atoms with Crippen molar-refractivity contribution in [2.45, 2.75) is 51.7 Å². The van der Waals surface area contributed by atoms with E-state index in [1.165, 1.54) is 5.56 Å². The normalized spacial score (nSPS) is 15.9. The lowest BCUT2D eigenvalue weighted by atomic mass is 9.98. The highest BCUT2D eigenvalue weighted by Crippen LogP contribution is 2.27. The van der Waals surface area contributed by atoms with Gasteiger partial charge in [0, 0.05) is 5.69 Å². The largest absolute Gasteiger partial charge is 0.391 e. The van der Waals surface area contributed by atoms with Crippen molar-refractivity contribution in [2.75, 3.05) is 5.32 Å². The van der Waals surface area contributed by atoms with Crippen LogP contribution < -0.4 is 5.32 Å². The van der Waals surface area contributed by atoms with E-state index in [9.17, 15) is 10.4 Å². The van der Waals surface area contributed by atoms with E-state index in [1.54, 1.807) is 6.92 Å². The molecule has 1 aliphatic rings. The topological polar surface area (TPSA) is 68.9 Å². The standard InChI is InChI=1S/C14H19N3O/c1-9(18)14(2,3)17-13-11(8-15)7-10-5-4-6-12(10)16-13/h7,9,18H,4-6H2,1-3H3,(H,16,17). The summed E-state index contributed by atoms with van der Waals surface area (Å²) in [4.78, 5) is 4.55. The van der Waals surface area contributed by atoms with Crippen LogP contribution in [0.25, 0.3) is 0 Å². The fourth-order valence-corrected chi connectivity index (χ4v) is 2.06. The predicted molar refractivity (Wildman–Crippen MR) is 70.4 cm³/mol. The number of pyridine rings is 1. The lowest BCUT2D eigenvalue weighted by Gasteiger charge is -2.30. The van der Waals surface area contributed by atoms with Crippen molar-refractivity contribution in [2.24, 2.45) is 0 Å². The molecule has 18 heavy (non-hydrogen) atoms. The highest BCUT2D eigenvalue weighted by Gasteiger charge is 2.26. The van der Waals surface area contributed by atoms with Crippen LogP contribution in [0.1, 0.15) is 44.0 Å². The van der Waals surface area contributed by atoms with E-state index >= 15 is 0 Å². The maximum atomic E-state index is 9.73. The van der Waals surface area contributed by atoms with E-state index < -0.39 is 11.6 Å². The molecule has 2 rings (SSSR count). The van der Waals surface area contributed by atoms with Gasteiger partial charge in [-0.3, -0.25) is 0 Å². The molecule has 0 saturated heterocycles. The van der Waals surface area contributed by atoms with Crippen LogP contribution in [0.4, 0.5) is 5.82 Å². The monoisotopic (exact) mass is 245 g/mol. The van der Waals surface area contributed by atoms with Crippen LogP contribution in [0.2, 0.25) is 0 Å². The van der Waals surface area contributed by atoms with E-state index in [1.807, 2.05) is 19.9 Å². The number of fused-ring (bicyclic) bond motifs is 1. The molecule has 2 N–H and O–H groups in total. The van der Waals surface area contributed by atoms with Gasteiger partial charge in [-0.05, 0) is 51.7 Å². The molecule has 96 valence electrons. The second kappa shape index (κ2) is 4.58. The molecule has 1 aliphatic carbocycles. The number of aryl methyl sites for hydroxylation is 2. The zero-order valence-electron chi connectivity index (χ0n) is 11.1. The number of nitrogens with zero attached hydrogens (tertiary/aromatic N) is 2. The van der Waals surface area contributed by atoms with Gasteiger partial charge in [0.2, 0.25) is 0 Å². The average Bonchev–Trinajstić information content (AvgIpc) is 2.74. The van der Waals surface area contributed by atoms with Gasteiger partial charge in [-0.15, -0.1) is 0 Å². The fourth-order valence-electron chi connectivity index (χ4n) is 2.06. The number of rotatable bonds is 3. The Bertz CT molecular complexity index is 500. The molecule has 1 unspecified atom stereocenters. The number of anilines is 1. The van der Waals surface area contributed by atoms with E-state index in [2.05, 4.69) is 16.4 Å². The lowest BCUT2D eigenvalue weighted by Crippen LogP contribution is -2.42.